The van der Waals surface area contributed by atoms with Crippen LogP contribution >= 0.6 is 0 Å². The predicted octanol–water partition coefficient (Wildman–Crippen LogP) is 2.89. The van der Waals surface area contributed by atoms with Gasteiger partial charge in [-0.1, -0.05) is 13.0 Å². The van der Waals surface area contributed by atoms with Crippen LogP contribution in [-0.4, -0.2) is 6.08 Å². The topological polar surface area (TPSA) is 29.4 Å². The van der Waals surface area contributed by atoms with Gasteiger partial charge in [-0.3, -0.25) is 0 Å². The number of carbonyl (C=O) groups excluding carboxylic acids is 1. The summed E-state index contributed by atoms with van der Waals surface area (Å²) in [5.41, 5.74) is -0.139. The summed E-state index contributed by atoms with van der Waals surface area (Å²) in [5.74, 6) is -4.12. The molecule has 1 aromatic rings. The van der Waals surface area contributed by atoms with Gasteiger partial charge in [0.05, 0.1) is 6.04 Å². The molecule has 2 nitrogen and oxygen atoms in total. The molecule has 0 N–H and O–H groups in total. The molecule has 5 heteroatoms. The van der Waals surface area contributed by atoms with Crippen LogP contribution in [0.2, 0.25) is 0 Å². The van der Waals surface area contributed by atoms with Crippen molar-refractivity contribution in [3.05, 3.63) is 35.1 Å². The van der Waals surface area contributed by atoms with Crippen LogP contribution in [0.15, 0.2) is 17.1 Å². The second-order valence-electron chi connectivity index (χ2n) is 2.91. The van der Waals surface area contributed by atoms with E-state index in [9.17, 15) is 18.0 Å². The molecule has 0 saturated heterocycles. The minimum atomic E-state index is -1.55. The van der Waals surface area contributed by atoms with Gasteiger partial charge in [0.25, 0.3) is 0 Å². The Morgan fingerprint density at radius 3 is 2.53 bits per heavy atom. The Morgan fingerprint density at radius 2 is 2.00 bits per heavy atom. The summed E-state index contributed by atoms with van der Waals surface area (Å²) in [6.45, 7) is 1.65. The van der Waals surface area contributed by atoms with Gasteiger partial charge in [-0.05, 0) is 12.5 Å². The van der Waals surface area contributed by atoms with Crippen LogP contribution in [0, 0.1) is 17.5 Å². The summed E-state index contributed by atoms with van der Waals surface area (Å²) < 4.78 is 38.6. The largest absolute Gasteiger partial charge is 0.235 e. The third-order valence-corrected chi connectivity index (χ3v) is 2.02. The molecule has 0 aromatic heterocycles. The number of hydrogen-bond acceptors (Lipinski definition) is 2. The Bertz CT molecular complexity index is 413. The zero-order valence-electron chi connectivity index (χ0n) is 7.93. The van der Waals surface area contributed by atoms with E-state index >= 15 is 0 Å². The van der Waals surface area contributed by atoms with Gasteiger partial charge in [0.15, 0.2) is 17.5 Å². The Labute approximate surface area is 84.4 Å². The molecule has 1 atom stereocenters. The normalized spacial score (nSPS) is 12.0. The molecule has 0 radical (unpaired) electrons. The van der Waals surface area contributed by atoms with Gasteiger partial charge in [-0.15, -0.1) is 0 Å². The van der Waals surface area contributed by atoms with Gasteiger partial charge in [-0.25, -0.2) is 18.0 Å². The smallest absolute Gasteiger partial charge is 0.211 e. The molecular formula is C10H8F3NO. The molecule has 0 heterocycles. The van der Waals surface area contributed by atoms with E-state index in [4.69, 9.17) is 0 Å². The first-order valence-electron chi connectivity index (χ1n) is 4.32. The van der Waals surface area contributed by atoms with Gasteiger partial charge < -0.3 is 0 Å². The second kappa shape index (κ2) is 4.75. The van der Waals surface area contributed by atoms with E-state index in [1.54, 1.807) is 6.92 Å². The third kappa shape index (κ3) is 2.25. The predicted molar refractivity (Wildman–Crippen MR) is 47.5 cm³/mol. The fourth-order valence-corrected chi connectivity index (χ4v) is 1.24. The van der Waals surface area contributed by atoms with Crippen LogP contribution in [0.25, 0.3) is 0 Å². The summed E-state index contributed by atoms with van der Waals surface area (Å²) in [7, 11) is 0. The highest BCUT2D eigenvalue weighted by Crippen LogP contribution is 2.25. The van der Waals surface area contributed by atoms with E-state index in [0.717, 1.165) is 12.1 Å². The first-order chi connectivity index (χ1) is 7.11. The van der Waals surface area contributed by atoms with E-state index < -0.39 is 23.5 Å². The van der Waals surface area contributed by atoms with Gasteiger partial charge in [0.1, 0.15) is 0 Å². The minimum absolute atomic E-state index is 0.139. The van der Waals surface area contributed by atoms with Crippen molar-refractivity contribution in [2.45, 2.75) is 19.4 Å². The Hall–Kier alpha value is -1.61. The Balaban J connectivity index is 3.25. The summed E-state index contributed by atoms with van der Waals surface area (Å²) in [4.78, 5) is 13.3. The van der Waals surface area contributed by atoms with Crippen molar-refractivity contribution in [2.75, 3.05) is 0 Å². The highest BCUT2D eigenvalue weighted by Gasteiger charge is 2.18. The van der Waals surface area contributed by atoms with E-state index in [1.165, 1.54) is 6.08 Å². The average molecular weight is 215 g/mol. The molecule has 0 fully saturated rings. The van der Waals surface area contributed by atoms with Crippen molar-refractivity contribution in [1.82, 2.24) is 0 Å². The molecular weight excluding hydrogens is 207 g/mol. The number of halogens is 3. The van der Waals surface area contributed by atoms with E-state index in [2.05, 4.69) is 4.99 Å². The van der Waals surface area contributed by atoms with Gasteiger partial charge >= 0.3 is 0 Å². The van der Waals surface area contributed by atoms with Crippen LogP contribution in [-0.2, 0) is 4.79 Å². The first-order valence-corrected chi connectivity index (χ1v) is 4.32. The maximum atomic E-state index is 13.2. The molecule has 0 bridgehead atoms. The average Bonchev–Trinajstić information content (AvgIpc) is 2.24. The molecule has 0 amide bonds. The summed E-state index contributed by atoms with van der Waals surface area (Å²) in [6, 6.07) is 1.05. The lowest BCUT2D eigenvalue weighted by molar-refractivity contribution is 0.434. The molecule has 0 aliphatic heterocycles. The molecule has 15 heavy (non-hydrogen) atoms. The quantitative estimate of drug-likeness (QED) is 0.433. The zero-order valence-corrected chi connectivity index (χ0v) is 7.93. The molecule has 0 spiro atoms. The monoisotopic (exact) mass is 215 g/mol. The highest BCUT2D eigenvalue weighted by atomic mass is 19.2. The van der Waals surface area contributed by atoms with Crippen molar-refractivity contribution in [3.63, 3.8) is 0 Å². The Kier molecular flexibility index (Phi) is 3.63. The number of rotatable bonds is 3. The van der Waals surface area contributed by atoms with Crippen LogP contribution in [0.5, 0.6) is 0 Å². The van der Waals surface area contributed by atoms with Gasteiger partial charge in [0, 0.05) is 5.56 Å². The van der Waals surface area contributed by atoms with Crippen molar-refractivity contribution in [3.8, 4) is 0 Å². The lowest BCUT2D eigenvalue weighted by Gasteiger charge is -2.09. The SMILES string of the molecule is CC[C@@H](N=C=O)c1ccc(F)c(F)c1F. The lowest BCUT2D eigenvalue weighted by Crippen LogP contribution is -2.02. The van der Waals surface area contributed by atoms with Crippen molar-refractivity contribution >= 4 is 6.08 Å². The highest BCUT2D eigenvalue weighted by molar-refractivity contribution is 5.36. The third-order valence-electron chi connectivity index (χ3n) is 2.02. The molecule has 0 saturated carbocycles. The van der Waals surface area contributed by atoms with Crippen LogP contribution < -0.4 is 0 Å². The number of aliphatic imine (C=N–C) groups is 1. The van der Waals surface area contributed by atoms with Crippen LogP contribution in [0.3, 0.4) is 0 Å². The zero-order chi connectivity index (χ0) is 11.4. The Morgan fingerprint density at radius 1 is 1.33 bits per heavy atom. The molecule has 1 aromatic carbocycles. The second-order valence-corrected chi connectivity index (χ2v) is 2.91. The van der Waals surface area contributed by atoms with Crippen molar-refractivity contribution in [1.29, 1.82) is 0 Å². The molecule has 0 aliphatic carbocycles. The van der Waals surface area contributed by atoms with Gasteiger partial charge in [0.2, 0.25) is 6.08 Å². The fourth-order valence-electron chi connectivity index (χ4n) is 1.24. The molecule has 1 rings (SSSR count). The molecule has 0 aliphatic rings. The van der Waals surface area contributed by atoms with E-state index in [1.807, 2.05) is 0 Å². The lowest BCUT2D eigenvalue weighted by atomic mass is 10.0. The number of isocyanates is 1. The van der Waals surface area contributed by atoms with E-state index in [-0.39, 0.29) is 5.56 Å². The minimum Gasteiger partial charge on any atom is -0.211 e. The molecule has 0 unspecified atom stereocenters. The van der Waals surface area contributed by atoms with Crippen molar-refractivity contribution < 1.29 is 18.0 Å². The van der Waals surface area contributed by atoms with Crippen molar-refractivity contribution in [2.24, 2.45) is 4.99 Å². The number of nitrogens with zero attached hydrogens (tertiary/aromatic N) is 1. The number of benzene rings is 1. The summed E-state index contributed by atoms with van der Waals surface area (Å²) in [5, 5.41) is 0. The summed E-state index contributed by atoms with van der Waals surface area (Å²) in [6.07, 6.45) is 1.57. The van der Waals surface area contributed by atoms with Crippen LogP contribution in [0.1, 0.15) is 24.9 Å². The maximum Gasteiger partial charge on any atom is 0.235 e. The fraction of sp³-hybridized carbons (Fsp3) is 0.300. The van der Waals surface area contributed by atoms with Crippen LogP contribution in [0.4, 0.5) is 13.2 Å². The summed E-state index contributed by atoms with van der Waals surface area (Å²) >= 11 is 0. The molecule has 80 valence electrons. The van der Waals surface area contributed by atoms with E-state index in [0.29, 0.717) is 6.42 Å². The standard InChI is InChI=1S/C10H8F3NO/c1-2-8(14-5-15)6-3-4-7(11)10(13)9(6)12/h3-4,8H,2H2,1H3/t8-/m1/s1. The first kappa shape index (κ1) is 11.5. The van der Waals surface area contributed by atoms with Gasteiger partial charge in [-0.2, -0.15) is 4.99 Å². The number of hydrogen-bond donors (Lipinski definition) is 0. The maximum absolute atomic E-state index is 13.2.